The number of thiophene rings is 1. The highest BCUT2D eigenvalue weighted by Gasteiger charge is 1.99. The van der Waals surface area contributed by atoms with Gasteiger partial charge in [-0.1, -0.05) is 24.3 Å². The van der Waals surface area contributed by atoms with Crippen molar-refractivity contribution in [1.82, 2.24) is 0 Å². The smallest absolute Gasteiger partial charge is 0.0681 e. The van der Waals surface area contributed by atoms with Crippen LogP contribution in [0.4, 0.5) is 0 Å². The van der Waals surface area contributed by atoms with Crippen LogP contribution in [0.5, 0.6) is 0 Å². The monoisotopic (exact) mass is 204 g/mol. The molecule has 72 valence electrons. The third kappa shape index (κ3) is 1.86. The summed E-state index contributed by atoms with van der Waals surface area (Å²) in [5.74, 6) is 0. The van der Waals surface area contributed by atoms with Gasteiger partial charge in [-0.3, -0.25) is 0 Å². The number of aryl methyl sites for hydroxylation is 1. The summed E-state index contributed by atoms with van der Waals surface area (Å²) in [6, 6.07) is 10.2. The molecule has 0 radical (unpaired) electrons. The Morgan fingerprint density at radius 1 is 1.14 bits per heavy atom. The van der Waals surface area contributed by atoms with E-state index < -0.39 is 0 Å². The fraction of sp³-hybridized carbons (Fsp3) is 0.167. The molecule has 0 atom stereocenters. The number of aliphatic hydroxyl groups is 1. The minimum atomic E-state index is 0.114. The molecule has 0 bridgehead atoms. The van der Waals surface area contributed by atoms with Crippen LogP contribution in [0.25, 0.3) is 11.1 Å². The van der Waals surface area contributed by atoms with Gasteiger partial charge in [-0.15, -0.1) is 11.3 Å². The van der Waals surface area contributed by atoms with E-state index in [4.69, 9.17) is 5.11 Å². The van der Waals surface area contributed by atoms with Crippen LogP contribution in [0.2, 0.25) is 0 Å². The number of rotatable bonds is 2. The number of hydrogen-bond donors (Lipinski definition) is 1. The molecule has 0 aliphatic carbocycles. The second-order valence-electron chi connectivity index (χ2n) is 3.30. The first kappa shape index (κ1) is 9.44. The van der Waals surface area contributed by atoms with Crippen molar-refractivity contribution in [3.63, 3.8) is 0 Å². The third-order valence-corrected chi connectivity index (χ3v) is 3.06. The van der Waals surface area contributed by atoms with E-state index in [1.54, 1.807) is 11.3 Å². The van der Waals surface area contributed by atoms with Gasteiger partial charge < -0.3 is 5.11 Å². The molecule has 1 N–H and O–H groups in total. The Hall–Kier alpha value is -1.12. The van der Waals surface area contributed by atoms with Gasteiger partial charge in [0.25, 0.3) is 0 Å². The Balaban J connectivity index is 2.33. The van der Waals surface area contributed by atoms with E-state index in [1.807, 2.05) is 24.3 Å². The van der Waals surface area contributed by atoms with Crippen LogP contribution in [0, 0.1) is 6.92 Å². The van der Waals surface area contributed by atoms with Gasteiger partial charge in [-0.2, -0.15) is 0 Å². The van der Waals surface area contributed by atoms with Crippen LogP contribution in [-0.4, -0.2) is 5.11 Å². The molecule has 0 spiro atoms. The summed E-state index contributed by atoms with van der Waals surface area (Å²) in [4.78, 5) is 1.33. The lowest BCUT2D eigenvalue weighted by Crippen LogP contribution is -1.81. The van der Waals surface area contributed by atoms with Crippen molar-refractivity contribution < 1.29 is 5.11 Å². The number of aliphatic hydroxyl groups excluding tert-OH is 1. The average Bonchev–Trinajstić information content (AvgIpc) is 2.65. The van der Waals surface area contributed by atoms with Crippen molar-refractivity contribution in [2.45, 2.75) is 13.5 Å². The van der Waals surface area contributed by atoms with Gasteiger partial charge in [0.2, 0.25) is 0 Å². The highest BCUT2D eigenvalue weighted by molar-refractivity contribution is 7.10. The Bertz CT molecular complexity index is 414. The maximum Gasteiger partial charge on any atom is 0.0681 e. The van der Waals surface area contributed by atoms with Crippen molar-refractivity contribution in [1.29, 1.82) is 0 Å². The first-order valence-electron chi connectivity index (χ1n) is 4.55. The van der Waals surface area contributed by atoms with Crippen molar-refractivity contribution in [3.8, 4) is 11.1 Å². The average molecular weight is 204 g/mol. The Morgan fingerprint density at radius 2 is 1.86 bits per heavy atom. The highest BCUT2D eigenvalue weighted by atomic mass is 32.1. The maximum atomic E-state index is 8.91. The molecule has 1 aromatic carbocycles. The number of hydrogen-bond acceptors (Lipinski definition) is 2. The molecule has 0 saturated heterocycles. The summed E-state index contributed by atoms with van der Waals surface area (Å²) in [6.45, 7) is 2.22. The molecule has 0 fully saturated rings. The van der Waals surface area contributed by atoms with E-state index >= 15 is 0 Å². The van der Waals surface area contributed by atoms with E-state index in [1.165, 1.54) is 16.0 Å². The van der Waals surface area contributed by atoms with Gasteiger partial charge in [0.1, 0.15) is 0 Å². The largest absolute Gasteiger partial charge is 0.392 e. The lowest BCUT2D eigenvalue weighted by molar-refractivity contribution is 0.282. The molecule has 1 heterocycles. The fourth-order valence-corrected chi connectivity index (χ4v) is 2.11. The zero-order valence-electron chi connectivity index (χ0n) is 8.03. The van der Waals surface area contributed by atoms with Gasteiger partial charge in [0.15, 0.2) is 0 Å². The minimum Gasteiger partial charge on any atom is -0.392 e. The van der Waals surface area contributed by atoms with Gasteiger partial charge in [-0.25, -0.2) is 0 Å². The van der Waals surface area contributed by atoms with E-state index in [2.05, 4.69) is 18.4 Å². The van der Waals surface area contributed by atoms with Gasteiger partial charge in [-0.05, 0) is 35.1 Å². The summed E-state index contributed by atoms with van der Waals surface area (Å²) >= 11 is 1.76. The molecule has 0 aliphatic rings. The van der Waals surface area contributed by atoms with E-state index in [0.717, 1.165) is 5.56 Å². The van der Waals surface area contributed by atoms with Crippen LogP contribution in [-0.2, 0) is 6.61 Å². The quantitative estimate of drug-likeness (QED) is 0.796. The topological polar surface area (TPSA) is 20.2 Å². The molecule has 2 rings (SSSR count). The molecule has 2 heteroatoms. The summed E-state index contributed by atoms with van der Waals surface area (Å²) in [5.41, 5.74) is 3.43. The summed E-state index contributed by atoms with van der Waals surface area (Å²) in [7, 11) is 0. The second kappa shape index (κ2) is 3.95. The molecule has 0 aliphatic heterocycles. The normalized spacial score (nSPS) is 10.4. The van der Waals surface area contributed by atoms with Crippen LogP contribution in [0.3, 0.4) is 0 Å². The fourth-order valence-electron chi connectivity index (χ4n) is 1.40. The second-order valence-corrected chi connectivity index (χ2v) is 4.42. The van der Waals surface area contributed by atoms with Crippen molar-refractivity contribution in [2.24, 2.45) is 0 Å². The predicted octanol–water partition coefficient (Wildman–Crippen LogP) is 3.22. The summed E-state index contributed by atoms with van der Waals surface area (Å²) in [6.07, 6.45) is 0. The maximum absolute atomic E-state index is 8.91. The zero-order chi connectivity index (χ0) is 9.97. The van der Waals surface area contributed by atoms with Crippen LogP contribution in [0.15, 0.2) is 35.7 Å². The molecular weight excluding hydrogens is 192 g/mol. The molecular formula is C12H12OS. The molecule has 0 saturated carbocycles. The van der Waals surface area contributed by atoms with E-state index in [9.17, 15) is 0 Å². The first-order chi connectivity index (χ1) is 6.79. The van der Waals surface area contributed by atoms with Crippen LogP contribution in [0.1, 0.15) is 10.4 Å². The zero-order valence-corrected chi connectivity index (χ0v) is 8.84. The molecule has 2 aromatic rings. The van der Waals surface area contributed by atoms with Gasteiger partial charge >= 0.3 is 0 Å². The Kier molecular flexibility index (Phi) is 2.66. The Morgan fingerprint density at radius 3 is 2.36 bits per heavy atom. The van der Waals surface area contributed by atoms with Crippen LogP contribution >= 0.6 is 11.3 Å². The standard InChI is InChI=1S/C12H12OS/c1-9-6-12(8-14-9)11-4-2-10(7-13)3-5-11/h2-6,8,13H,7H2,1H3. The minimum absolute atomic E-state index is 0.114. The predicted molar refractivity (Wildman–Crippen MR) is 60.4 cm³/mol. The van der Waals surface area contributed by atoms with Crippen molar-refractivity contribution in [3.05, 3.63) is 46.2 Å². The molecule has 1 nitrogen and oxygen atoms in total. The molecule has 1 aromatic heterocycles. The van der Waals surface area contributed by atoms with Gasteiger partial charge in [0, 0.05) is 4.88 Å². The third-order valence-electron chi connectivity index (χ3n) is 2.20. The van der Waals surface area contributed by atoms with Crippen molar-refractivity contribution >= 4 is 11.3 Å². The van der Waals surface area contributed by atoms with Crippen LogP contribution < -0.4 is 0 Å². The first-order valence-corrected chi connectivity index (χ1v) is 5.43. The molecule has 14 heavy (non-hydrogen) atoms. The summed E-state index contributed by atoms with van der Waals surface area (Å²) < 4.78 is 0. The lowest BCUT2D eigenvalue weighted by atomic mass is 10.1. The van der Waals surface area contributed by atoms with Crippen molar-refractivity contribution in [2.75, 3.05) is 0 Å². The SMILES string of the molecule is Cc1cc(-c2ccc(CO)cc2)cs1. The number of benzene rings is 1. The van der Waals surface area contributed by atoms with Gasteiger partial charge in [0.05, 0.1) is 6.61 Å². The van der Waals surface area contributed by atoms with E-state index in [0.29, 0.717) is 0 Å². The molecule has 0 amide bonds. The Labute approximate surface area is 87.7 Å². The highest BCUT2D eigenvalue weighted by Crippen LogP contribution is 2.25. The molecule has 0 unspecified atom stereocenters. The van der Waals surface area contributed by atoms with E-state index in [-0.39, 0.29) is 6.61 Å². The summed E-state index contributed by atoms with van der Waals surface area (Å²) in [5, 5.41) is 11.1. The lowest BCUT2D eigenvalue weighted by Gasteiger charge is -1.99.